The first-order valence-corrected chi connectivity index (χ1v) is 5.78. The number of fused-ring (bicyclic) bond motifs is 1. The molecule has 1 aliphatic heterocycles. The Morgan fingerprint density at radius 2 is 2.19 bits per heavy atom. The van der Waals surface area contributed by atoms with Crippen LogP contribution in [0, 0.1) is 6.92 Å². The van der Waals surface area contributed by atoms with E-state index < -0.39 is 7.12 Å². The van der Waals surface area contributed by atoms with E-state index in [1.54, 1.807) is 0 Å². The monoisotopic (exact) mass is 220 g/mol. The molecule has 1 heterocycles. The highest BCUT2D eigenvalue weighted by Gasteiger charge is 2.38. The second kappa shape index (κ2) is 4.48. The molecule has 0 amide bonds. The number of hydrogen-bond acceptors (Lipinski definition) is 3. The molecule has 3 nitrogen and oxygen atoms in total. The van der Waals surface area contributed by atoms with Gasteiger partial charge in [0.2, 0.25) is 0 Å². The fraction of sp³-hybridized carbons (Fsp3) is 0.500. The van der Waals surface area contributed by atoms with E-state index in [1.807, 2.05) is 26.0 Å². The van der Waals surface area contributed by atoms with E-state index in [1.165, 1.54) is 0 Å². The van der Waals surface area contributed by atoms with Crippen molar-refractivity contribution in [2.75, 3.05) is 6.61 Å². The number of hydrogen-bond donors (Lipinski definition) is 1. The molecule has 0 aliphatic carbocycles. The van der Waals surface area contributed by atoms with Crippen LogP contribution < -0.4 is 10.2 Å². The Hall–Kier alpha value is -0.995. The Balaban J connectivity index is 2.52. The maximum Gasteiger partial charge on any atom is 0.495 e. The molecule has 16 heavy (non-hydrogen) atoms. The molecule has 2 rings (SSSR count). The summed E-state index contributed by atoms with van der Waals surface area (Å²) in [6, 6.07) is 3.93. The Labute approximate surface area is 96.5 Å². The van der Waals surface area contributed by atoms with Gasteiger partial charge in [0, 0.05) is 5.46 Å². The lowest BCUT2D eigenvalue weighted by Crippen LogP contribution is -2.30. The van der Waals surface area contributed by atoms with Gasteiger partial charge in [-0.05, 0) is 37.5 Å². The van der Waals surface area contributed by atoms with Gasteiger partial charge in [0.15, 0.2) is 0 Å². The lowest BCUT2D eigenvalue weighted by Gasteiger charge is -2.13. The molecule has 1 unspecified atom stereocenters. The van der Waals surface area contributed by atoms with Gasteiger partial charge in [0.1, 0.15) is 5.75 Å². The summed E-state index contributed by atoms with van der Waals surface area (Å²) in [4.78, 5) is 0. The number of rotatable bonds is 3. The molecule has 1 aromatic carbocycles. The van der Waals surface area contributed by atoms with Crippen LogP contribution in [-0.4, -0.2) is 18.7 Å². The zero-order valence-corrected chi connectivity index (χ0v) is 9.99. The van der Waals surface area contributed by atoms with Crippen LogP contribution in [-0.2, 0) is 4.65 Å². The van der Waals surface area contributed by atoms with Gasteiger partial charge in [-0.1, -0.05) is 13.0 Å². The van der Waals surface area contributed by atoms with Crippen molar-refractivity contribution in [3.05, 3.63) is 23.3 Å². The zero-order chi connectivity index (χ0) is 11.7. The van der Waals surface area contributed by atoms with Crippen molar-refractivity contribution in [2.45, 2.75) is 33.3 Å². The number of benzene rings is 1. The molecule has 1 aromatic rings. The third-order valence-electron chi connectivity index (χ3n) is 3.00. The molecule has 4 heteroatoms. The minimum atomic E-state index is -0.846. The van der Waals surface area contributed by atoms with E-state index in [4.69, 9.17) is 9.39 Å². The maximum atomic E-state index is 9.91. The molecule has 0 bridgehead atoms. The van der Waals surface area contributed by atoms with Crippen molar-refractivity contribution < 1.29 is 14.4 Å². The van der Waals surface area contributed by atoms with Crippen molar-refractivity contribution in [3.63, 3.8) is 0 Å². The highest BCUT2D eigenvalue weighted by Crippen LogP contribution is 2.32. The molecular formula is C12H17BO3. The Morgan fingerprint density at radius 3 is 2.81 bits per heavy atom. The molecule has 1 N–H and O–H groups in total. The normalized spacial score (nSPS) is 18.8. The third kappa shape index (κ3) is 1.72. The van der Waals surface area contributed by atoms with Crippen molar-refractivity contribution in [1.82, 2.24) is 0 Å². The predicted octanol–water partition coefficient (Wildman–Crippen LogP) is 1.56. The SMILES string of the molecule is CCOc1ccc(C)c2c1B(O)OC2CC. The molecule has 1 atom stereocenters. The van der Waals surface area contributed by atoms with Gasteiger partial charge < -0.3 is 14.4 Å². The largest absolute Gasteiger partial charge is 0.495 e. The summed E-state index contributed by atoms with van der Waals surface area (Å²) >= 11 is 0. The highest BCUT2D eigenvalue weighted by molar-refractivity contribution is 6.63. The van der Waals surface area contributed by atoms with Gasteiger partial charge in [0.25, 0.3) is 0 Å². The first-order chi connectivity index (χ1) is 7.69. The van der Waals surface area contributed by atoms with Crippen molar-refractivity contribution >= 4 is 12.6 Å². The van der Waals surface area contributed by atoms with Gasteiger partial charge in [-0.25, -0.2) is 0 Å². The summed E-state index contributed by atoms with van der Waals surface area (Å²) in [6.45, 7) is 6.63. The lowest BCUT2D eigenvalue weighted by atomic mass is 9.77. The molecule has 1 aliphatic rings. The lowest BCUT2D eigenvalue weighted by molar-refractivity contribution is 0.186. The van der Waals surface area contributed by atoms with Gasteiger partial charge in [-0.2, -0.15) is 0 Å². The molecule has 86 valence electrons. The van der Waals surface area contributed by atoms with Crippen molar-refractivity contribution in [2.24, 2.45) is 0 Å². The van der Waals surface area contributed by atoms with Crippen LogP contribution in [0.15, 0.2) is 12.1 Å². The minimum Gasteiger partial charge on any atom is -0.494 e. The summed E-state index contributed by atoms with van der Waals surface area (Å²) in [5.41, 5.74) is 3.07. The van der Waals surface area contributed by atoms with E-state index in [0.29, 0.717) is 6.61 Å². The summed E-state index contributed by atoms with van der Waals surface area (Å²) in [5, 5.41) is 9.91. The third-order valence-corrected chi connectivity index (χ3v) is 3.00. The zero-order valence-electron chi connectivity index (χ0n) is 9.99. The summed E-state index contributed by atoms with van der Waals surface area (Å²) in [6.07, 6.45) is 0.853. The van der Waals surface area contributed by atoms with Crippen molar-refractivity contribution in [1.29, 1.82) is 0 Å². The Morgan fingerprint density at radius 1 is 1.44 bits per heavy atom. The van der Waals surface area contributed by atoms with Crippen LogP contribution in [0.5, 0.6) is 5.75 Å². The minimum absolute atomic E-state index is 0.00888. The quantitative estimate of drug-likeness (QED) is 0.785. The van der Waals surface area contributed by atoms with Gasteiger partial charge in [-0.15, -0.1) is 0 Å². The molecule has 0 fully saturated rings. The summed E-state index contributed by atoms with van der Waals surface area (Å²) in [5.74, 6) is 0.742. The predicted molar refractivity (Wildman–Crippen MR) is 64.1 cm³/mol. The van der Waals surface area contributed by atoms with Crippen LogP contribution >= 0.6 is 0 Å². The Bertz CT molecular complexity index is 392. The number of ether oxygens (including phenoxy) is 1. The molecule has 0 saturated heterocycles. The van der Waals surface area contributed by atoms with Gasteiger partial charge in [0.05, 0.1) is 12.7 Å². The smallest absolute Gasteiger partial charge is 0.494 e. The standard InChI is InChI=1S/C12H17BO3/c1-4-9-11-8(3)6-7-10(15-5-2)12(11)13(14)16-9/h6-7,9,14H,4-5H2,1-3H3. The average molecular weight is 220 g/mol. The van der Waals surface area contributed by atoms with E-state index in [0.717, 1.165) is 28.8 Å². The van der Waals surface area contributed by atoms with Crippen LogP contribution in [0.4, 0.5) is 0 Å². The van der Waals surface area contributed by atoms with E-state index >= 15 is 0 Å². The summed E-state index contributed by atoms with van der Waals surface area (Å²) < 4.78 is 11.1. The average Bonchev–Trinajstić information content (AvgIpc) is 2.61. The topological polar surface area (TPSA) is 38.7 Å². The van der Waals surface area contributed by atoms with Crippen LogP contribution in [0.3, 0.4) is 0 Å². The van der Waals surface area contributed by atoms with E-state index in [2.05, 4.69) is 6.92 Å². The van der Waals surface area contributed by atoms with Gasteiger partial charge in [-0.3, -0.25) is 0 Å². The molecular weight excluding hydrogens is 203 g/mol. The molecule has 0 saturated carbocycles. The van der Waals surface area contributed by atoms with Gasteiger partial charge >= 0.3 is 7.12 Å². The first-order valence-electron chi connectivity index (χ1n) is 5.78. The van der Waals surface area contributed by atoms with E-state index in [9.17, 15) is 5.02 Å². The summed E-state index contributed by atoms with van der Waals surface area (Å²) in [7, 11) is -0.846. The second-order valence-corrected chi connectivity index (χ2v) is 4.03. The highest BCUT2D eigenvalue weighted by atomic mass is 16.5. The van der Waals surface area contributed by atoms with Crippen LogP contribution in [0.2, 0.25) is 0 Å². The molecule has 0 aromatic heterocycles. The van der Waals surface area contributed by atoms with Crippen LogP contribution in [0.25, 0.3) is 0 Å². The molecule has 0 spiro atoms. The second-order valence-electron chi connectivity index (χ2n) is 4.03. The Kier molecular flexibility index (Phi) is 3.21. The van der Waals surface area contributed by atoms with Crippen molar-refractivity contribution in [3.8, 4) is 5.75 Å². The number of aryl methyl sites for hydroxylation is 1. The first kappa shape index (κ1) is 11.5. The molecule has 0 radical (unpaired) electrons. The van der Waals surface area contributed by atoms with E-state index in [-0.39, 0.29) is 6.10 Å². The fourth-order valence-electron chi connectivity index (χ4n) is 2.28. The van der Waals surface area contributed by atoms with Crippen LogP contribution in [0.1, 0.15) is 37.5 Å². The fourth-order valence-corrected chi connectivity index (χ4v) is 2.28. The maximum absolute atomic E-state index is 9.91.